The molecule has 0 aliphatic heterocycles. The minimum atomic E-state index is -0.737. The van der Waals surface area contributed by atoms with Crippen LogP contribution in [0.2, 0.25) is 0 Å². The summed E-state index contributed by atoms with van der Waals surface area (Å²) in [5.41, 5.74) is 0.805. The van der Waals surface area contributed by atoms with E-state index in [2.05, 4.69) is 13.0 Å². The van der Waals surface area contributed by atoms with Gasteiger partial charge in [-0.2, -0.15) is 5.26 Å². The lowest BCUT2D eigenvalue weighted by Crippen LogP contribution is -2.37. The van der Waals surface area contributed by atoms with Crippen molar-refractivity contribution >= 4 is 11.5 Å². The SMILES string of the molecule is CCCCCC(=O)C(C#N)N(C)c1cccc(OC)c1. The van der Waals surface area contributed by atoms with Crippen molar-refractivity contribution in [3.05, 3.63) is 24.3 Å². The quantitative estimate of drug-likeness (QED) is 0.683. The number of hydrogen-bond donors (Lipinski definition) is 0. The number of nitrogens with zero attached hydrogens (tertiary/aromatic N) is 2. The fraction of sp³-hybridized carbons (Fsp3) is 0.500. The Kier molecular flexibility index (Phi) is 6.58. The Labute approximate surface area is 121 Å². The molecule has 1 aromatic carbocycles. The third-order valence-electron chi connectivity index (χ3n) is 3.30. The van der Waals surface area contributed by atoms with Gasteiger partial charge in [-0.05, 0) is 18.6 Å². The van der Waals surface area contributed by atoms with Gasteiger partial charge >= 0.3 is 0 Å². The molecule has 0 radical (unpaired) electrons. The molecule has 20 heavy (non-hydrogen) atoms. The number of carbonyl (C=O) groups excluding carboxylic acids is 1. The average molecular weight is 274 g/mol. The first-order chi connectivity index (χ1) is 9.63. The van der Waals surface area contributed by atoms with Crippen molar-refractivity contribution in [3.8, 4) is 11.8 Å². The van der Waals surface area contributed by atoms with Crippen LogP contribution in [-0.2, 0) is 4.79 Å². The summed E-state index contributed by atoms with van der Waals surface area (Å²) in [4.78, 5) is 13.8. The molecule has 0 spiro atoms. The molecule has 1 rings (SSSR count). The first-order valence-electron chi connectivity index (χ1n) is 6.93. The summed E-state index contributed by atoms with van der Waals surface area (Å²) in [6, 6.07) is 8.74. The summed E-state index contributed by atoms with van der Waals surface area (Å²) in [6.45, 7) is 2.09. The number of ketones is 1. The Morgan fingerprint density at radius 3 is 2.80 bits per heavy atom. The molecule has 0 saturated heterocycles. The van der Waals surface area contributed by atoms with Gasteiger partial charge in [-0.3, -0.25) is 4.79 Å². The number of unbranched alkanes of at least 4 members (excludes halogenated alkanes) is 2. The molecule has 1 aromatic rings. The molecule has 0 bridgehead atoms. The summed E-state index contributed by atoms with van der Waals surface area (Å²) in [5.74, 6) is 0.691. The molecular formula is C16H22N2O2. The number of ether oxygens (including phenoxy) is 1. The highest BCUT2D eigenvalue weighted by atomic mass is 16.5. The van der Waals surface area contributed by atoms with Crippen molar-refractivity contribution in [2.75, 3.05) is 19.1 Å². The Balaban J connectivity index is 2.78. The summed E-state index contributed by atoms with van der Waals surface area (Å²) in [7, 11) is 3.36. The summed E-state index contributed by atoms with van der Waals surface area (Å²) in [6.07, 6.45) is 3.39. The highest BCUT2D eigenvalue weighted by molar-refractivity contribution is 5.89. The number of methoxy groups -OCH3 is 1. The molecule has 0 amide bonds. The zero-order valence-electron chi connectivity index (χ0n) is 12.4. The van der Waals surface area contributed by atoms with E-state index in [1.54, 1.807) is 19.1 Å². The zero-order chi connectivity index (χ0) is 15.0. The molecule has 0 saturated carbocycles. The number of benzene rings is 1. The van der Waals surface area contributed by atoms with E-state index in [4.69, 9.17) is 4.74 Å². The van der Waals surface area contributed by atoms with Crippen LogP contribution in [0.3, 0.4) is 0 Å². The smallest absolute Gasteiger partial charge is 0.175 e. The molecule has 0 heterocycles. The van der Waals surface area contributed by atoms with E-state index in [-0.39, 0.29) is 5.78 Å². The van der Waals surface area contributed by atoms with Crippen LogP contribution < -0.4 is 9.64 Å². The molecule has 0 aliphatic carbocycles. The second-order valence-corrected chi connectivity index (χ2v) is 4.77. The zero-order valence-corrected chi connectivity index (χ0v) is 12.4. The second kappa shape index (κ2) is 8.21. The largest absolute Gasteiger partial charge is 0.497 e. The number of likely N-dealkylation sites (N-methyl/N-ethyl adjacent to an activating group) is 1. The van der Waals surface area contributed by atoms with E-state index in [0.29, 0.717) is 12.2 Å². The standard InChI is InChI=1S/C16H22N2O2/c1-4-5-6-10-16(19)15(12-17)18(2)13-8-7-9-14(11-13)20-3/h7-9,11,15H,4-6,10H2,1-3H3. The monoisotopic (exact) mass is 274 g/mol. The first-order valence-corrected chi connectivity index (χ1v) is 6.93. The molecular weight excluding hydrogens is 252 g/mol. The van der Waals surface area contributed by atoms with E-state index in [1.807, 2.05) is 24.3 Å². The number of hydrogen-bond acceptors (Lipinski definition) is 4. The van der Waals surface area contributed by atoms with Crippen molar-refractivity contribution in [1.29, 1.82) is 5.26 Å². The van der Waals surface area contributed by atoms with Gasteiger partial charge in [0.2, 0.25) is 0 Å². The van der Waals surface area contributed by atoms with Gasteiger partial charge in [0.05, 0.1) is 13.2 Å². The summed E-state index contributed by atoms with van der Waals surface area (Å²) in [5, 5.41) is 9.27. The van der Waals surface area contributed by atoms with E-state index in [9.17, 15) is 10.1 Å². The average Bonchev–Trinajstić information content (AvgIpc) is 2.48. The van der Waals surface area contributed by atoms with Crippen molar-refractivity contribution in [1.82, 2.24) is 0 Å². The van der Waals surface area contributed by atoms with Gasteiger partial charge < -0.3 is 9.64 Å². The minimum absolute atomic E-state index is 0.0220. The van der Waals surface area contributed by atoms with Crippen LogP contribution in [-0.4, -0.2) is 26.0 Å². The number of anilines is 1. The lowest BCUT2D eigenvalue weighted by molar-refractivity contribution is -0.119. The van der Waals surface area contributed by atoms with Gasteiger partial charge in [0.15, 0.2) is 11.8 Å². The predicted octanol–water partition coefficient (Wildman–Crippen LogP) is 3.17. The molecule has 0 fully saturated rings. The molecule has 1 unspecified atom stereocenters. The second-order valence-electron chi connectivity index (χ2n) is 4.77. The fourth-order valence-electron chi connectivity index (χ4n) is 2.04. The number of carbonyl (C=O) groups is 1. The lowest BCUT2D eigenvalue weighted by Gasteiger charge is -2.24. The molecule has 0 aromatic heterocycles. The maximum absolute atomic E-state index is 12.1. The minimum Gasteiger partial charge on any atom is -0.497 e. The summed E-state index contributed by atoms with van der Waals surface area (Å²) >= 11 is 0. The first kappa shape index (κ1) is 16.0. The lowest BCUT2D eigenvalue weighted by atomic mass is 10.1. The summed E-state index contributed by atoms with van der Waals surface area (Å²) < 4.78 is 5.16. The van der Waals surface area contributed by atoms with Gasteiger partial charge in [0.25, 0.3) is 0 Å². The van der Waals surface area contributed by atoms with Crippen molar-refractivity contribution in [2.24, 2.45) is 0 Å². The Morgan fingerprint density at radius 2 is 2.20 bits per heavy atom. The normalized spacial score (nSPS) is 11.5. The molecule has 4 heteroatoms. The van der Waals surface area contributed by atoms with Gasteiger partial charge in [0, 0.05) is 25.2 Å². The predicted molar refractivity (Wildman–Crippen MR) is 79.9 cm³/mol. The van der Waals surface area contributed by atoms with Crippen LogP contribution in [0.15, 0.2) is 24.3 Å². The van der Waals surface area contributed by atoms with Crippen LogP contribution in [0.4, 0.5) is 5.69 Å². The van der Waals surface area contributed by atoms with Crippen LogP contribution in [0.25, 0.3) is 0 Å². The van der Waals surface area contributed by atoms with E-state index >= 15 is 0 Å². The van der Waals surface area contributed by atoms with Crippen LogP contribution >= 0.6 is 0 Å². The molecule has 4 nitrogen and oxygen atoms in total. The van der Waals surface area contributed by atoms with E-state index in [0.717, 1.165) is 24.9 Å². The van der Waals surface area contributed by atoms with Crippen LogP contribution in [0.1, 0.15) is 32.6 Å². The highest BCUT2D eigenvalue weighted by Crippen LogP contribution is 2.22. The van der Waals surface area contributed by atoms with Gasteiger partial charge in [-0.15, -0.1) is 0 Å². The number of rotatable bonds is 8. The third-order valence-corrected chi connectivity index (χ3v) is 3.30. The Hall–Kier alpha value is -2.02. The van der Waals surface area contributed by atoms with E-state index < -0.39 is 6.04 Å². The van der Waals surface area contributed by atoms with Crippen molar-refractivity contribution in [2.45, 2.75) is 38.6 Å². The van der Waals surface area contributed by atoms with Gasteiger partial charge in [-0.1, -0.05) is 25.8 Å². The number of nitriles is 1. The number of Topliss-reactive ketones (excluding diaryl/α,β-unsaturated/α-hetero) is 1. The molecule has 0 N–H and O–H groups in total. The van der Waals surface area contributed by atoms with Crippen molar-refractivity contribution in [3.63, 3.8) is 0 Å². The maximum atomic E-state index is 12.1. The van der Waals surface area contributed by atoms with Gasteiger partial charge in [-0.25, -0.2) is 0 Å². The Bertz CT molecular complexity index is 480. The maximum Gasteiger partial charge on any atom is 0.175 e. The van der Waals surface area contributed by atoms with Crippen LogP contribution in [0, 0.1) is 11.3 Å². The topological polar surface area (TPSA) is 53.3 Å². The molecule has 108 valence electrons. The Morgan fingerprint density at radius 1 is 1.45 bits per heavy atom. The van der Waals surface area contributed by atoms with Crippen molar-refractivity contribution < 1.29 is 9.53 Å². The highest BCUT2D eigenvalue weighted by Gasteiger charge is 2.22. The molecule has 1 atom stereocenters. The van der Waals surface area contributed by atoms with Crippen LogP contribution in [0.5, 0.6) is 5.75 Å². The fourth-order valence-corrected chi connectivity index (χ4v) is 2.04. The van der Waals surface area contributed by atoms with Gasteiger partial charge in [0.1, 0.15) is 5.75 Å². The molecule has 0 aliphatic rings. The third kappa shape index (κ3) is 4.27. The van der Waals surface area contributed by atoms with E-state index in [1.165, 1.54) is 0 Å².